The summed E-state index contributed by atoms with van der Waals surface area (Å²) in [6, 6.07) is 12.7. The van der Waals surface area contributed by atoms with Gasteiger partial charge in [-0.3, -0.25) is 4.90 Å². The molecule has 0 saturated carbocycles. The molecule has 7 heteroatoms. The predicted octanol–water partition coefficient (Wildman–Crippen LogP) is 4.49. The van der Waals surface area contributed by atoms with Crippen molar-refractivity contribution in [3.8, 4) is 0 Å². The lowest BCUT2D eigenvalue weighted by Gasteiger charge is -2.35. The van der Waals surface area contributed by atoms with Crippen LogP contribution in [0, 0.1) is 5.82 Å². The van der Waals surface area contributed by atoms with Crippen molar-refractivity contribution in [1.29, 1.82) is 0 Å². The van der Waals surface area contributed by atoms with E-state index in [0.29, 0.717) is 28.7 Å². The highest BCUT2D eigenvalue weighted by Crippen LogP contribution is 2.22. The highest BCUT2D eigenvalue weighted by Gasteiger charge is 2.17. The molecule has 2 aromatic rings. The number of nitrogens with zero attached hydrogens (tertiary/aromatic N) is 3. The third-order valence-corrected chi connectivity index (χ3v) is 6.42. The summed E-state index contributed by atoms with van der Waals surface area (Å²) < 4.78 is 14.4. The Morgan fingerprint density at radius 2 is 1.58 bits per heavy atom. The van der Waals surface area contributed by atoms with Crippen LogP contribution in [0.1, 0.15) is 24.0 Å². The van der Waals surface area contributed by atoms with Gasteiger partial charge in [-0.05, 0) is 62.3 Å². The first-order valence-corrected chi connectivity index (χ1v) is 11.8. The second-order valence-corrected chi connectivity index (χ2v) is 9.06. The van der Waals surface area contributed by atoms with Gasteiger partial charge in [0.2, 0.25) is 0 Å². The fraction of sp³-hybridized carbons (Fsp3) is 0.500. The minimum absolute atomic E-state index is 0.253. The molecule has 1 heterocycles. The standard InChI is InChI=1S/C24H33Cl2FN4/c25-21-6-1-5-20(17-21)18-31(19-22-23(26)7-2-8-24(22)27)12-4-11-30-15-13-29(14-16-30)10-3-9-28/h1-2,5-8,17H,3-4,9-16,18-19,28H2. The van der Waals surface area contributed by atoms with Crippen molar-refractivity contribution in [2.75, 3.05) is 52.4 Å². The van der Waals surface area contributed by atoms with Crippen LogP contribution in [-0.4, -0.2) is 67.1 Å². The molecule has 1 aliphatic heterocycles. The lowest BCUT2D eigenvalue weighted by Crippen LogP contribution is -2.47. The van der Waals surface area contributed by atoms with Crippen LogP contribution < -0.4 is 5.73 Å². The number of hydrogen-bond acceptors (Lipinski definition) is 4. The summed E-state index contributed by atoms with van der Waals surface area (Å²) in [6.45, 7) is 9.36. The molecule has 0 aliphatic carbocycles. The molecule has 0 unspecified atom stereocenters. The SMILES string of the molecule is NCCCN1CCN(CCCN(Cc2cccc(Cl)c2)Cc2c(F)cccc2Cl)CC1. The van der Waals surface area contributed by atoms with Crippen molar-refractivity contribution < 1.29 is 4.39 Å². The zero-order valence-corrected chi connectivity index (χ0v) is 19.6. The largest absolute Gasteiger partial charge is 0.330 e. The van der Waals surface area contributed by atoms with E-state index < -0.39 is 0 Å². The lowest BCUT2D eigenvalue weighted by atomic mass is 10.1. The van der Waals surface area contributed by atoms with Gasteiger partial charge in [0.05, 0.1) is 0 Å². The van der Waals surface area contributed by atoms with Gasteiger partial charge >= 0.3 is 0 Å². The van der Waals surface area contributed by atoms with Crippen LogP contribution >= 0.6 is 23.2 Å². The molecule has 31 heavy (non-hydrogen) atoms. The summed E-state index contributed by atoms with van der Waals surface area (Å²) >= 11 is 12.5. The van der Waals surface area contributed by atoms with Crippen molar-refractivity contribution in [1.82, 2.24) is 14.7 Å². The average molecular weight is 467 g/mol. The third kappa shape index (κ3) is 8.01. The molecule has 0 spiro atoms. The van der Waals surface area contributed by atoms with Crippen LogP contribution in [-0.2, 0) is 13.1 Å². The van der Waals surface area contributed by atoms with Crippen molar-refractivity contribution in [3.63, 3.8) is 0 Å². The summed E-state index contributed by atoms with van der Waals surface area (Å²) in [5.74, 6) is -0.253. The minimum atomic E-state index is -0.253. The van der Waals surface area contributed by atoms with Crippen LogP contribution in [0.15, 0.2) is 42.5 Å². The Kier molecular flexibility index (Phi) is 10.0. The molecule has 0 bridgehead atoms. The topological polar surface area (TPSA) is 35.7 Å². The van der Waals surface area contributed by atoms with E-state index in [4.69, 9.17) is 28.9 Å². The van der Waals surface area contributed by atoms with E-state index in [2.05, 4.69) is 20.8 Å². The maximum Gasteiger partial charge on any atom is 0.129 e. The van der Waals surface area contributed by atoms with Crippen molar-refractivity contribution >= 4 is 23.2 Å². The summed E-state index contributed by atoms with van der Waals surface area (Å²) in [5.41, 5.74) is 7.30. The second kappa shape index (κ2) is 12.7. The maximum atomic E-state index is 14.4. The van der Waals surface area contributed by atoms with Crippen LogP contribution in [0.25, 0.3) is 0 Å². The van der Waals surface area contributed by atoms with E-state index in [-0.39, 0.29) is 5.82 Å². The molecule has 1 fully saturated rings. The Morgan fingerprint density at radius 1 is 0.903 bits per heavy atom. The first kappa shape index (κ1) is 24.4. The van der Waals surface area contributed by atoms with Gasteiger partial charge in [0.1, 0.15) is 5.82 Å². The first-order chi connectivity index (χ1) is 15.0. The van der Waals surface area contributed by atoms with Crippen LogP contribution in [0.2, 0.25) is 10.0 Å². The first-order valence-electron chi connectivity index (χ1n) is 11.1. The van der Waals surface area contributed by atoms with E-state index in [1.807, 2.05) is 18.2 Å². The molecule has 0 atom stereocenters. The van der Waals surface area contributed by atoms with E-state index >= 15 is 0 Å². The Bertz CT molecular complexity index is 792. The Hall–Kier alpha value is -1.21. The lowest BCUT2D eigenvalue weighted by molar-refractivity contribution is 0.125. The van der Waals surface area contributed by atoms with Gasteiger partial charge < -0.3 is 15.5 Å². The molecular formula is C24H33Cl2FN4. The van der Waals surface area contributed by atoms with Crippen LogP contribution in [0.5, 0.6) is 0 Å². The normalized spacial score (nSPS) is 15.6. The van der Waals surface area contributed by atoms with Gasteiger partial charge in [0.15, 0.2) is 0 Å². The molecule has 170 valence electrons. The smallest absolute Gasteiger partial charge is 0.129 e. The van der Waals surface area contributed by atoms with Gasteiger partial charge in [0.25, 0.3) is 0 Å². The zero-order valence-electron chi connectivity index (χ0n) is 18.1. The third-order valence-electron chi connectivity index (χ3n) is 5.83. The molecular weight excluding hydrogens is 434 g/mol. The van der Waals surface area contributed by atoms with Crippen LogP contribution in [0.4, 0.5) is 4.39 Å². The molecule has 2 aromatic carbocycles. The van der Waals surface area contributed by atoms with Gasteiger partial charge in [-0.1, -0.05) is 41.4 Å². The van der Waals surface area contributed by atoms with E-state index in [0.717, 1.165) is 70.8 Å². The summed E-state index contributed by atoms with van der Waals surface area (Å²) in [5, 5.41) is 1.19. The number of halogens is 3. The van der Waals surface area contributed by atoms with Crippen LogP contribution in [0.3, 0.4) is 0 Å². The Morgan fingerprint density at radius 3 is 2.23 bits per heavy atom. The van der Waals surface area contributed by atoms with E-state index in [9.17, 15) is 4.39 Å². The zero-order chi connectivity index (χ0) is 22.1. The summed E-state index contributed by atoms with van der Waals surface area (Å²) in [6.07, 6.45) is 2.09. The summed E-state index contributed by atoms with van der Waals surface area (Å²) in [4.78, 5) is 7.27. The Balaban J connectivity index is 1.55. The number of nitrogens with two attached hydrogens (primary N) is 1. The molecule has 0 radical (unpaired) electrons. The van der Waals surface area contributed by atoms with E-state index in [1.54, 1.807) is 12.1 Å². The highest BCUT2D eigenvalue weighted by atomic mass is 35.5. The molecule has 2 N–H and O–H groups in total. The van der Waals surface area contributed by atoms with Gasteiger partial charge in [-0.15, -0.1) is 0 Å². The van der Waals surface area contributed by atoms with Crippen molar-refractivity contribution in [2.24, 2.45) is 5.73 Å². The van der Waals surface area contributed by atoms with Crippen molar-refractivity contribution in [3.05, 3.63) is 69.5 Å². The Labute approximate surface area is 195 Å². The van der Waals surface area contributed by atoms with Gasteiger partial charge in [-0.2, -0.15) is 0 Å². The van der Waals surface area contributed by atoms with Gasteiger partial charge in [0, 0.05) is 61.4 Å². The predicted molar refractivity (Wildman–Crippen MR) is 128 cm³/mol. The fourth-order valence-electron chi connectivity index (χ4n) is 4.08. The monoisotopic (exact) mass is 466 g/mol. The quantitative estimate of drug-likeness (QED) is 0.528. The van der Waals surface area contributed by atoms with E-state index in [1.165, 1.54) is 6.07 Å². The number of hydrogen-bond donors (Lipinski definition) is 1. The summed E-state index contributed by atoms with van der Waals surface area (Å²) in [7, 11) is 0. The fourth-order valence-corrected chi connectivity index (χ4v) is 4.52. The number of benzene rings is 2. The molecule has 0 amide bonds. The molecule has 0 aromatic heterocycles. The minimum Gasteiger partial charge on any atom is -0.330 e. The molecule has 1 saturated heterocycles. The highest BCUT2D eigenvalue weighted by molar-refractivity contribution is 6.31. The number of rotatable bonds is 11. The maximum absolute atomic E-state index is 14.4. The molecule has 3 rings (SSSR count). The van der Waals surface area contributed by atoms with Crippen molar-refractivity contribution in [2.45, 2.75) is 25.9 Å². The van der Waals surface area contributed by atoms with Gasteiger partial charge in [-0.25, -0.2) is 4.39 Å². The molecule has 4 nitrogen and oxygen atoms in total. The number of piperazine rings is 1. The average Bonchev–Trinajstić information content (AvgIpc) is 2.75. The molecule has 1 aliphatic rings. The second-order valence-electron chi connectivity index (χ2n) is 8.22.